The number of rotatable bonds is 8. The van der Waals surface area contributed by atoms with Crippen LogP contribution in [0.25, 0.3) is 0 Å². The maximum absolute atomic E-state index is 8.69. The SMILES string of the molecule is N#CCCN(CCCCCBr)c1ccccc1. The molecule has 0 bridgehead atoms. The number of alkyl halides is 1. The van der Waals surface area contributed by atoms with E-state index < -0.39 is 0 Å². The molecule has 0 radical (unpaired) electrons. The van der Waals surface area contributed by atoms with Crippen LogP contribution in [0.5, 0.6) is 0 Å². The van der Waals surface area contributed by atoms with Gasteiger partial charge in [0.05, 0.1) is 12.5 Å². The Morgan fingerprint density at radius 3 is 2.47 bits per heavy atom. The fourth-order valence-electron chi connectivity index (χ4n) is 1.77. The first-order chi connectivity index (χ1) is 8.38. The van der Waals surface area contributed by atoms with Crippen LogP contribution < -0.4 is 4.90 Å². The molecule has 1 aromatic rings. The summed E-state index contributed by atoms with van der Waals surface area (Å²) >= 11 is 3.45. The average molecular weight is 295 g/mol. The Bertz CT molecular complexity index is 332. The molecular weight excluding hydrogens is 276 g/mol. The van der Waals surface area contributed by atoms with Crippen LogP contribution in [0.4, 0.5) is 5.69 Å². The lowest BCUT2D eigenvalue weighted by Gasteiger charge is -2.23. The van der Waals surface area contributed by atoms with Crippen molar-refractivity contribution in [2.24, 2.45) is 0 Å². The minimum Gasteiger partial charge on any atom is -0.371 e. The summed E-state index contributed by atoms with van der Waals surface area (Å²) in [7, 11) is 0. The standard InChI is InChI=1S/C14H19BrN2/c15-10-5-2-6-12-17(13-7-11-16)14-8-3-1-4-9-14/h1,3-4,8-9H,2,5-7,10,12-13H2. The van der Waals surface area contributed by atoms with Gasteiger partial charge in [0.1, 0.15) is 0 Å². The van der Waals surface area contributed by atoms with E-state index in [1.807, 2.05) is 18.2 Å². The second-order valence-corrected chi connectivity index (χ2v) is 4.77. The summed E-state index contributed by atoms with van der Waals surface area (Å²) in [6.45, 7) is 1.87. The highest BCUT2D eigenvalue weighted by molar-refractivity contribution is 9.09. The van der Waals surface area contributed by atoms with E-state index >= 15 is 0 Å². The molecule has 0 atom stereocenters. The largest absolute Gasteiger partial charge is 0.371 e. The topological polar surface area (TPSA) is 27.0 Å². The molecule has 0 saturated heterocycles. The molecular formula is C14H19BrN2. The molecule has 0 fully saturated rings. The fraction of sp³-hybridized carbons (Fsp3) is 0.500. The van der Waals surface area contributed by atoms with Gasteiger partial charge in [-0.1, -0.05) is 40.5 Å². The fourth-order valence-corrected chi connectivity index (χ4v) is 2.16. The van der Waals surface area contributed by atoms with Crippen molar-refractivity contribution in [2.75, 3.05) is 23.3 Å². The van der Waals surface area contributed by atoms with Gasteiger partial charge in [0, 0.05) is 24.1 Å². The Labute approximate surface area is 112 Å². The van der Waals surface area contributed by atoms with E-state index in [0.717, 1.165) is 18.4 Å². The average Bonchev–Trinajstić information content (AvgIpc) is 2.39. The van der Waals surface area contributed by atoms with Gasteiger partial charge in [0.2, 0.25) is 0 Å². The third-order valence-electron chi connectivity index (χ3n) is 2.68. The summed E-state index contributed by atoms with van der Waals surface area (Å²) in [6, 6.07) is 12.6. The minimum atomic E-state index is 0.591. The van der Waals surface area contributed by atoms with Crippen molar-refractivity contribution in [3.05, 3.63) is 30.3 Å². The Hall–Kier alpha value is -1.01. The number of anilines is 1. The zero-order valence-electron chi connectivity index (χ0n) is 10.1. The van der Waals surface area contributed by atoms with Gasteiger partial charge in [-0.2, -0.15) is 5.26 Å². The predicted molar refractivity (Wildman–Crippen MR) is 76.5 cm³/mol. The van der Waals surface area contributed by atoms with Crippen molar-refractivity contribution in [2.45, 2.75) is 25.7 Å². The number of para-hydroxylation sites is 1. The number of nitriles is 1. The Morgan fingerprint density at radius 2 is 1.82 bits per heavy atom. The van der Waals surface area contributed by atoms with Crippen molar-refractivity contribution >= 4 is 21.6 Å². The third kappa shape index (κ3) is 5.74. The molecule has 17 heavy (non-hydrogen) atoms. The molecule has 0 unspecified atom stereocenters. The molecule has 0 saturated carbocycles. The highest BCUT2D eigenvalue weighted by atomic mass is 79.9. The van der Waals surface area contributed by atoms with E-state index in [1.165, 1.54) is 24.9 Å². The molecule has 1 aromatic carbocycles. The summed E-state index contributed by atoms with van der Waals surface area (Å²) in [4.78, 5) is 2.30. The molecule has 0 aliphatic heterocycles. The molecule has 92 valence electrons. The highest BCUT2D eigenvalue weighted by Crippen LogP contribution is 2.14. The molecule has 0 aliphatic rings. The molecule has 1 rings (SSSR count). The van der Waals surface area contributed by atoms with Gasteiger partial charge in [-0.15, -0.1) is 0 Å². The monoisotopic (exact) mass is 294 g/mol. The smallest absolute Gasteiger partial charge is 0.0640 e. The number of hydrogen-bond donors (Lipinski definition) is 0. The van der Waals surface area contributed by atoms with Crippen LogP contribution >= 0.6 is 15.9 Å². The van der Waals surface area contributed by atoms with Crippen LogP contribution in [-0.2, 0) is 0 Å². The first kappa shape index (κ1) is 14.1. The molecule has 0 aliphatic carbocycles. The lowest BCUT2D eigenvalue weighted by molar-refractivity contribution is 0.681. The van der Waals surface area contributed by atoms with Crippen molar-refractivity contribution < 1.29 is 0 Å². The van der Waals surface area contributed by atoms with Crippen molar-refractivity contribution in [1.29, 1.82) is 5.26 Å². The molecule has 0 heterocycles. The van der Waals surface area contributed by atoms with Crippen LogP contribution in [0.1, 0.15) is 25.7 Å². The number of benzene rings is 1. The van der Waals surface area contributed by atoms with Gasteiger partial charge in [-0.05, 0) is 25.0 Å². The lowest BCUT2D eigenvalue weighted by Crippen LogP contribution is -2.25. The summed E-state index contributed by atoms with van der Waals surface area (Å²) in [6.07, 6.45) is 4.24. The molecule has 0 spiro atoms. The summed E-state index contributed by atoms with van der Waals surface area (Å²) in [5, 5.41) is 9.77. The molecule has 0 aromatic heterocycles. The summed E-state index contributed by atoms with van der Waals surface area (Å²) < 4.78 is 0. The van der Waals surface area contributed by atoms with Gasteiger partial charge in [0.25, 0.3) is 0 Å². The zero-order chi connectivity index (χ0) is 12.3. The quantitative estimate of drug-likeness (QED) is 0.536. The van der Waals surface area contributed by atoms with E-state index in [4.69, 9.17) is 5.26 Å². The van der Waals surface area contributed by atoms with Crippen molar-refractivity contribution in [3.63, 3.8) is 0 Å². The van der Waals surface area contributed by atoms with Crippen molar-refractivity contribution in [1.82, 2.24) is 0 Å². The Balaban J connectivity index is 2.46. The van der Waals surface area contributed by atoms with Gasteiger partial charge < -0.3 is 4.90 Å². The highest BCUT2D eigenvalue weighted by Gasteiger charge is 2.04. The minimum absolute atomic E-state index is 0.591. The van der Waals surface area contributed by atoms with Gasteiger partial charge in [-0.25, -0.2) is 0 Å². The third-order valence-corrected chi connectivity index (χ3v) is 3.24. The van der Waals surface area contributed by atoms with Gasteiger partial charge >= 0.3 is 0 Å². The zero-order valence-corrected chi connectivity index (χ0v) is 11.7. The van der Waals surface area contributed by atoms with Crippen LogP contribution in [-0.4, -0.2) is 18.4 Å². The normalized spacial score (nSPS) is 9.88. The Morgan fingerprint density at radius 1 is 1.06 bits per heavy atom. The number of halogens is 1. The molecule has 2 nitrogen and oxygen atoms in total. The van der Waals surface area contributed by atoms with E-state index in [1.54, 1.807) is 0 Å². The van der Waals surface area contributed by atoms with E-state index in [2.05, 4.69) is 39.0 Å². The molecule has 3 heteroatoms. The number of unbranched alkanes of at least 4 members (excludes halogenated alkanes) is 2. The summed E-state index contributed by atoms with van der Waals surface area (Å²) in [5.74, 6) is 0. The van der Waals surface area contributed by atoms with Crippen LogP contribution in [0.3, 0.4) is 0 Å². The van der Waals surface area contributed by atoms with Gasteiger partial charge in [-0.3, -0.25) is 0 Å². The van der Waals surface area contributed by atoms with E-state index in [-0.39, 0.29) is 0 Å². The molecule has 0 N–H and O–H groups in total. The number of hydrogen-bond acceptors (Lipinski definition) is 2. The predicted octanol–water partition coefficient (Wildman–Crippen LogP) is 3.97. The van der Waals surface area contributed by atoms with E-state index in [0.29, 0.717) is 6.42 Å². The first-order valence-corrected chi connectivity index (χ1v) is 7.23. The van der Waals surface area contributed by atoms with Crippen LogP contribution in [0.2, 0.25) is 0 Å². The maximum atomic E-state index is 8.69. The molecule has 0 amide bonds. The first-order valence-electron chi connectivity index (χ1n) is 6.11. The van der Waals surface area contributed by atoms with Crippen LogP contribution in [0, 0.1) is 11.3 Å². The van der Waals surface area contributed by atoms with Crippen LogP contribution in [0.15, 0.2) is 30.3 Å². The second kappa shape index (κ2) is 9.07. The summed E-state index contributed by atoms with van der Waals surface area (Å²) in [5.41, 5.74) is 1.22. The van der Waals surface area contributed by atoms with E-state index in [9.17, 15) is 0 Å². The van der Waals surface area contributed by atoms with Gasteiger partial charge in [0.15, 0.2) is 0 Å². The second-order valence-electron chi connectivity index (χ2n) is 3.98. The maximum Gasteiger partial charge on any atom is 0.0640 e. The van der Waals surface area contributed by atoms with Crippen molar-refractivity contribution in [3.8, 4) is 6.07 Å². The number of nitrogens with zero attached hydrogens (tertiary/aromatic N) is 2. The Kier molecular flexibility index (Phi) is 7.49. The lowest BCUT2D eigenvalue weighted by atomic mass is 10.2.